The molecule has 0 saturated carbocycles. The number of amides is 1. The highest BCUT2D eigenvalue weighted by molar-refractivity contribution is 5.76. The van der Waals surface area contributed by atoms with Crippen LogP contribution in [0.4, 0.5) is 0 Å². The van der Waals surface area contributed by atoms with Crippen molar-refractivity contribution in [3.63, 3.8) is 0 Å². The largest absolute Gasteiger partial charge is 0.388 e. The van der Waals surface area contributed by atoms with E-state index < -0.39 is 11.7 Å². The van der Waals surface area contributed by atoms with Crippen LogP contribution in [-0.4, -0.2) is 51.9 Å². The number of β-amino-alcohol motifs (C(OH)–C–C–N with tert-alkyl or cyclic N) is 1. The molecule has 1 amide bonds. The van der Waals surface area contributed by atoms with Crippen LogP contribution in [0.3, 0.4) is 0 Å². The van der Waals surface area contributed by atoms with Gasteiger partial charge >= 0.3 is 0 Å². The Morgan fingerprint density at radius 2 is 2.27 bits per heavy atom. The second kappa shape index (κ2) is 6.22. The highest BCUT2D eigenvalue weighted by Gasteiger charge is 2.46. The lowest BCUT2D eigenvalue weighted by Gasteiger charge is -2.42. The number of likely N-dealkylation sites (tertiary alicyclic amines) is 1. The fourth-order valence-electron chi connectivity index (χ4n) is 3.38. The summed E-state index contributed by atoms with van der Waals surface area (Å²) < 4.78 is 7.26. The van der Waals surface area contributed by atoms with Gasteiger partial charge in [-0.25, -0.2) is 0 Å². The fourth-order valence-corrected chi connectivity index (χ4v) is 3.38. The van der Waals surface area contributed by atoms with E-state index in [1.54, 1.807) is 23.2 Å². The third kappa shape index (κ3) is 2.94. The number of ether oxygens (including phenoxy) is 1. The van der Waals surface area contributed by atoms with Crippen molar-refractivity contribution in [3.05, 3.63) is 34.7 Å². The molecule has 1 aromatic heterocycles. The quantitative estimate of drug-likeness (QED) is 0.876. The number of nitrogens with zero attached hydrogens (tertiary/aromatic N) is 2. The molecule has 2 aliphatic rings. The minimum atomic E-state index is -0.618. The van der Waals surface area contributed by atoms with Gasteiger partial charge in [0.2, 0.25) is 5.91 Å². The first-order chi connectivity index (χ1) is 10.6. The van der Waals surface area contributed by atoms with E-state index >= 15 is 0 Å². The molecule has 2 saturated heterocycles. The summed E-state index contributed by atoms with van der Waals surface area (Å²) in [5.74, 6) is -0.0253. The summed E-state index contributed by atoms with van der Waals surface area (Å²) in [7, 11) is 0. The summed E-state index contributed by atoms with van der Waals surface area (Å²) >= 11 is 0. The van der Waals surface area contributed by atoms with E-state index in [0.29, 0.717) is 32.7 Å². The molecule has 22 heavy (non-hydrogen) atoms. The minimum Gasteiger partial charge on any atom is -0.388 e. The van der Waals surface area contributed by atoms with E-state index in [1.165, 1.54) is 10.6 Å². The van der Waals surface area contributed by atoms with Crippen molar-refractivity contribution < 1.29 is 14.6 Å². The molecule has 0 aromatic carbocycles. The summed E-state index contributed by atoms with van der Waals surface area (Å²) in [6.07, 6.45) is 3.86. The van der Waals surface area contributed by atoms with Crippen molar-refractivity contribution in [3.8, 4) is 0 Å². The molecule has 1 N–H and O–H groups in total. The third-order valence-electron chi connectivity index (χ3n) is 4.76. The maximum absolute atomic E-state index is 12.3. The lowest BCUT2D eigenvalue weighted by molar-refractivity contribution is -0.152. The first kappa shape index (κ1) is 15.2. The maximum atomic E-state index is 12.3. The molecule has 6 nitrogen and oxygen atoms in total. The number of carbonyl (C=O) groups is 1. The van der Waals surface area contributed by atoms with Crippen molar-refractivity contribution in [1.82, 2.24) is 9.47 Å². The van der Waals surface area contributed by atoms with Crippen molar-refractivity contribution in [2.45, 2.75) is 43.9 Å². The van der Waals surface area contributed by atoms with Crippen LogP contribution in [0.5, 0.6) is 0 Å². The number of aliphatic hydroxyl groups is 1. The molecule has 3 rings (SSSR count). The van der Waals surface area contributed by atoms with Crippen LogP contribution >= 0.6 is 0 Å². The highest BCUT2D eigenvalue weighted by atomic mass is 16.5. The molecule has 0 radical (unpaired) electrons. The zero-order valence-electron chi connectivity index (χ0n) is 12.6. The number of rotatable bonds is 3. The normalized spacial score (nSPS) is 28.2. The van der Waals surface area contributed by atoms with E-state index in [4.69, 9.17) is 4.74 Å². The Balaban J connectivity index is 1.55. The molecule has 1 spiro atoms. The number of pyridine rings is 1. The van der Waals surface area contributed by atoms with Crippen molar-refractivity contribution in [2.24, 2.45) is 0 Å². The van der Waals surface area contributed by atoms with Crippen LogP contribution in [0.1, 0.15) is 25.7 Å². The number of hydrogen-bond acceptors (Lipinski definition) is 4. The van der Waals surface area contributed by atoms with Crippen LogP contribution in [0.25, 0.3) is 0 Å². The molecular formula is C16H22N2O4. The molecule has 2 fully saturated rings. The molecular weight excluding hydrogens is 284 g/mol. The van der Waals surface area contributed by atoms with E-state index in [-0.39, 0.29) is 17.9 Å². The van der Waals surface area contributed by atoms with Gasteiger partial charge in [0.15, 0.2) is 0 Å². The number of aromatic nitrogens is 1. The van der Waals surface area contributed by atoms with Crippen LogP contribution in [0.15, 0.2) is 29.2 Å². The van der Waals surface area contributed by atoms with Gasteiger partial charge in [-0.1, -0.05) is 6.07 Å². The average Bonchev–Trinajstić information content (AvgIpc) is 2.99. The van der Waals surface area contributed by atoms with Gasteiger partial charge in [-0.15, -0.1) is 0 Å². The van der Waals surface area contributed by atoms with Gasteiger partial charge in [0.1, 0.15) is 6.10 Å². The van der Waals surface area contributed by atoms with E-state index in [2.05, 4.69) is 0 Å². The summed E-state index contributed by atoms with van der Waals surface area (Å²) in [4.78, 5) is 25.6. The van der Waals surface area contributed by atoms with Crippen molar-refractivity contribution >= 4 is 5.91 Å². The monoisotopic (exact) mass is 306 g/mol. The molecule has 6 heteroatoms. The second-order valence-corrected chi connectivity index (χ2v) is 6.10. The van der Waals surface area contributed by atoms with Gasteiger partial charge in [0.25, 0.3) is 5.56 Å². The second-order valence-electron chi connectivity index (χ2n) is 6.10. The Morgan fingerprint density at radius 3 is 2.95 bits per heavy atom. The SMILES string of the molecule is O=C(CCn1ccccc1=O)N1CC[C@@]2(CCCO2)[C@@H](O)C1. The van der Waals surface area contributed by atoms with E-state index in [0.717, 1.165) is 12.8 Å². The van der Waals surface area contributed by atoms with Crippen LogP contribution in [0.2, 0.25) is 0 Å². The molecule has 2 atom stereocenters. The summed E-state index contributed by atoms with van der Waals surface area (Å²) in [5, 5.41) is 10.3. The molecule has 0 unspecified atom stereocenters. The van der Waals surface area contributed by atoms with Gasteiger partial charge in [-0.3, -0.25) is 9.59 Å². The number of carbonyl (C=O) groups excluding carboxylic acids is 1. The molecule has 3 heterocycles. The zero-order valence-corrected chi connectivity index (χ0v) is 12.6. The van der Waals surface area contributed by atoms with Gasteiger partial charge in [0, 0.05) is 44.9 Å². The molecule has 120 valence electrons. The zero-order chi connectivity index (χ0) is 15.6. The number of piperidine rings is 1. The molecule has 0 aliphatic carbocycles. The van der Waals surface area contributed by atoms with Gasteiger partial charge < -0.3 is 19.3 Å². The topological polar surface area (TPSA) is 71.8 Å². The first-order valence-corrected chi connectivity index (χ1v) is 7.86. The van der Waals surface area contributed by atoms with Crippen LogP contribution in [0, 0.1) is 0 Å². The summed E-state index contributed by atoms with van der Waals surface area (Å²) in [6, 6.07) is 4.94. The lowest BCUT2D eigenvalue weighted by Crippen LogP contribution is -2.56. The van der Waals surface area contributed by atoms with Crippen LogP contribution in [-0.2, 0) is 16.1 Å². The Morgan fingerprint density at radius 1 is 1.41 bits per heavy atom. The standard InChI is InChI=1S/C16H22N2O4/c19-13-12-18(10-7-16(13)6-3-11-22-16)15(21)5-9-17-8-2-1-4-14(17)20/h1-2,4,8,13,19H,3,5-7,9-12H2/t13-,16-/m0/s1. The highest BCUT2D eigenvalue weighted by Crippen LogP contribution is 2.36. The molecule has 0 bridgehead atoms. The Hall–Kier alpha value is -1.66. The van der Waals surface area contributed by atoms with E-state index in [9.17, 15) is 14.7 Å². The Kier molecular flexibility index (Phi) is 4.31. The third-order valence-corrected chi connectivity index (χ3v) is 4.76. The van der Waals surface area contributed by atoms with Crippen molar-refractivity contribution in [1.29, 1.82) is 0 Å². The maximum Gasteiger partial charge on any atom is 0.250 e. The number of aliphatic hydroxyl groups excluding tert-OH is 1. The average molecular weight is 306 g/mol. The van der Waals surface area contributed by atoms with Gasteiger partial charge in [0.05, 0.1) is 5.60 Å². The predicted molar refractivity (Wildman–Crippen MR) is 80.4 cm³/mol. The summed E-state index contributed by atoms with van der Waals surface area (Å²) in [6.45, 7) is 2.00. The lowest BCUT2D eigenvalue weighted by atomic mass is 9.86. The van der Waals surface area contributed by atoms with Crippen LogP contribution < -0.4 is 5.56 Å². The first-order valence-electron chi connectivity index (χ1n) is 7.86. The minimum absolute atomic E-state index is 0.0253. The molecule has 1 aromatic rings. The van der Waals surface area contributed by atoms with E-state index in [1.807, 2.05) is 0 Å². The summed E-state index contributed by atoms with van der Waals surface area (Å²) in [5.41, 5.74) is -0.542. The number of aryl methyl sites for hydroxylation is 1. The fraction of sp³-hybridized carbons (Fsp3) is 0.625. The smallest absolute Gasteiger partial charge is 0.250 e. The Bertz CT molecular complexity index is 592. The number of hydrogen-bond donors (Lipinski definition) is 1. The van der Waals surface area contributed by atoms with Gasteiger partial charge in [-0.2, -0.15) is 0 Å². The van der Waals surface area contributed by atoms with Gasteiger partial charge in [-0.05, 0) is 25.3 Å². The predicted octanol–water partition coefficient (Wildman–Crippen LogP) is 0.381. The Labute approximate surface area is 129 Å². The molecule has 2 aliphatic heterocycles. The van der Waals surface area contributed by atoms with Crippen molar-refractivity contribution in [2.75, 3.05) is 19.7 Å².